The van der Waals surface area contributed by atoms with Crippen LogP contribution in [0.1, 0.15) is 6.92 Å². The number of hydrogen-bond donors (Lipinski definition) is 0. The number of Topliss-reactive ketones (excluding diaryl/α,β-unsaturated/α-hetero) is 1. The molecule has 0 aromatic carbocycles. The van der Waals surface area contributed by atoms with E-state index in [9.17, 15) is 4.79 Å². The quantitative estimate of drug-likeness (QED) is 0.533. The lowest BCUT2D eigenvalue weighted by molar-refractivity contribution is -0.114. The van der Waals surface area contributed by atoms with E-state index in [4.69, 9.17) is 0 Å². The Labute approximate surface area is 64.2 Å². The highest BCUT2D eigenvalue weighted by Crippen LogP contribution is 2.08. The van der Waals surface area contributed by atoms with Crippen LogP contribution >= 0.6 is 45.2 Å². The molecule has 0 heterocycles. The molecule has 0 aliphatic rings. The van der Waals surface area contributed by atoms with Crippen molar-refractivity contribution in [2.75, 3.05) is 0 Å². The Bertz CT molecular complexity index is 59.8. The van der Waals surface area contributed by atoms with Crippen LogP contribution in [0.5, 0.6) is 0 Å². The van der Waals surface area contributed by atoms with E-state index in [1.807, 2.05) is 0 Å². The van der Waals surface area contributed by atoms with Crippen molar-refractivity contribution in [2.45, 2.75) is 8.86 Å². The second-order valence-corrected chi connectivity index (χ2v) is 5.79. The molecule has 6 heavy (non-hydrogen) atoms. The fraction of sp³-hybridized carbons (Fsp3) is 0.667. The number of halogens is 2. The molecule has 0 aliphatic heterocycles. The summed E-state index contributed by atoms with van der Waals surface area (Å²) in [6.45, 7) is 1.59. The highest BCUT2D eigenvalue weighted by atomic mass is 127. The SMILES string of the molecule is CC(=O)C(I)I. The number of ketones is 1. The van der Waals surface area contributed by atoms with Gasteiger partial charge in [-0.25, -0.2) is 0 Å². The van der Waals surface area contributed by atoms with Gasteiger partial charge in [0.25, 0.3) is 0 Å². The van der Waals surface area contributed by atoms with Crippen molar-refractivity contribution in [1.82, 2.24) is 0 Å². The van der Waals surface area contributed by atoms with Gasteiger partial charge in [0.15, 0.2) is 5.78 Å². The van der Waals surface area contributed by atoms with Crippen molar-refractivity contribution in [3.05, 3.63) is 0 Å². The summed E-state index contributed by atoms with van der Waals surface area (Å²) in [6, 6.07) is 0. The van der Waals surface area contributed by atoms with Gasteiger partial charge in [0, 0.05) is 0 Å². The first-order chi connectivity index (χ1) is 2.64. The maximum Gasteiger partial charge on any atom is 0.152 e. The third-order valence-corrected chi connectivity index (χ3v) is 2.06. The fourth-order valence-corrected chi connectivity index (χ4v) is 0. The largest absolute Gasteiger partial charge is 0.298 e. The molecule has 0 aromatic heterocycles. The van der Waals surface area contributed by atoms with Crippen molar-refractivity contribution >= 4 is 51.0 Å². The molecule has 0 fully saturated rings. The third kappa shape index (κ3) is 3.32. The Morgan fingerprint density at radius 2 is 1.83 bits per heavy atom. The number of carbonyl (C=O) groups is 1. The van der Waals surface area contributed by atoms with Gasteiger partial charge < -0.3 is 0 Å². The highest BCUT2D eigenvalue weighted by molar-refractivity contribution is 14.2. The number of rotatable bonds is 1. The van der Waals surface area contributed by atoms with Gasteiger partial charge in [-0.05, 0) is 6.92 Å². The van der Waals surface area contributed by atoms with E-state index in [0.717, 1.165) is 0 Å². The molecular weight excluding hydrogens is 306 g/mol. The minimum Gasteiger partial charge on any atom is -0.298 e. The Balaban J connectivity index is 3.26. The molecule has 36 valence electrons. The van der Waals surface area contributed by atoms with Crippen molar-refractivity contribution in [3.63, 3.8) is 0 Å². The maximum absolute atomic E-state index is 10.1. The predicted molar refractivity (Wildman–Crippen MR) is 42.5 cm³/mol. The monoisotopic (exact) mass is 310 g/mol. The van der Waals surface area contributed by atoms with Crippen LogP contribution in [0.15, 0.2) is 0 Å². The first-order valence-electron chi connectivity index (χ1n) is 1.43. The minimum atomic E-state index is 0.153. The molecule has 0 spiro atoms. The molecule has 0 unspecified atom stereocenters. The molecule has 3 heteroatoms. The summed E-state index contributed by atoms with van der Waals surface area (Å²) in [5, 5.41) is 0. The van der Waals surface area contributed by atoms with E-state index < -0.39 is 0 Å². The Morgan fingerprint density at radius 1 is 1.67 bits per heavy atom. The average molecular weight is 310 g/mol. The van der Waals surface area contributed by atoms with E-state index in [-0.39, 0.29) is 7.71 Å². The normalized spacial score (nSPS) is 9.33. The number of carbonyl (C=O) groups excluding carboxylic acids is 1. The first-order valence-corrected chi connectivity index (χ1v) is 3.92. The van der Waals surface area contributed by atoms with Gasteiger partial charge in [-0.3, -0.25) is 4.79 Å². The fourth-order valence-electron chi connectivity index (χ4n) is 0. The Kier molecular flexibility index (Phi) is 3.77. The molecule has 0 aliphatic carbocycles. The van der Waals surface area contributed by atoms with Crippen LogP contribution in [0.2, 0.25) is 0 Å². The molecule has 0 saturated heterocycles. The minimum absolute atomic E-state index is 0.153. The van der Waals surface area contributed by atoms with Crippen LogP contribution in [0.3, 0.4) is 0 Å². The first kappa shape index (κ1) is 7.13. The zero-order chi connectivity index (χ0) is 5.15. The molecule has 0 aromatic rings. The highest BCUT2D eigenvalue weighted by Gasteiger charge is 1.99. The summed E-state index contributed by atoms with van der Waals surface area (Å²) in [5.41, 5.74) is 0. The Hall–Kier alpha value is 1.13. The number of alkyl halides is 2. The molecular formula is C3H4I2O. The van der Waals surface area contributed by atoms with Gasteiger partial charge in [-0.1, -0.05) is 45.2 Å². The smallest absolute Gasteiger partial charge is 0.152 e. The second-order valence-electron chi connectivity index (χ2n) is 0.911. The zero-order valence-corrected chi connectivity index (χ0v) is 7.56. The summed E-state index contributed by atoms with van der Waals surface area (Å²) in [5.74, 6) is 0.233. The van der Waals surface area contributed by atoms with E-state index in [2.05, 4.69) is 45.2 Å². The van der Waals surface area contributed by atoms with Crippen LogP contribution in [-0.2, 0) is 4.79 Å². The lowest BCUT2D eigenvalue weighted by atomic mass is 10.5. The van der Waals surface area contributed by atoms with Gasteiger partial charge in [0.05, 0.1) is 0 Å². The van der Waals surface area contributed by atoms with Crippen molar-refractivity contribution in [1.29, 1.82) is 0 Å². The molecule has 0 atom stereocenters. The third-order valence-electron chi connectivity index (χ3n) is 0.307. The van der Waals surface area contributed by atoms with Gasteiger partial charge in [-0.2, -0.15) is 0 Å². The average Bonchev–Trinajstić information content (AvgIpc) is 1.36. The van der Waals surface area contributed by atoms with Crippen LogP contribution in [-0.4, -0.2) is 7.71 Å². The lowest BCUT2D eigenvalue weighted by Crippen LogP contribution is -1.97. The van der Waals surface area contributed by atoms with Crippen LogP contribution in [0.4, 0.5) is 0 Å². The van der Waals surface area contributed by atoms with Gasteiger partial charge >= 0.3 is 0 Å². The van der Waals surface area contributed by atoms with Crippen LogP contribution in [0.25, 0.3) is 0 Å². The molecule has 0 amide bonds. The van der Waals surface area contributed by atoms with E-state index in [0.29, 0.717) is 0 Å². The zero-order valence-electron chi connectivity index (χ0n) is 3.24. The summed E-state index contributed by atoms with van der Waals surface area (Å²) in [7, 11) is 0. The van der Waals surface area contributed by atoms with Crippen molar-refractivity contribution in [3.8, 4) is 0 Å². The molecule has 0 rings (SSSR count). The molecule has 0 N–H and O–H groups in total. The molecule has 0 saturated carbocycles. The maximum atomic E-state index is 10.1. The predicted octanol–water partition coefficient (Wildman–Crippen LogP) is 1.77. The lowest BCUT2D eigenvalue weighted by Gasteiger charge is -1.86. The van der Waals surface area contributed by atoms with Crippen molar-refractivity contribution < 1.29 is 4.79 Å². The summed E-state index contributed by atoms with van der Waals surface area (Å²) in [4.78, 5) is 10.1. The molecule has 0 bridgehead atoms. The molecule has 0 radical (unpaired) electrons. The molecule has 1 nitrogen and oxygen atoms in total. The second kappa shape index (κ2) is 3.17. The summed E-state index contributed by atoms with van der Waals surface area (Å²) >= 11 is 4.14. The summed E-state index contributed by atoms with van der Waals surface area (Å²) in [6.07, 6.45) is 0. The van der Waals surface area contributed by atoms with E-state index in [1.54, 1.807) is 6.92 Å². The van der Waals surface area contributed by atoms with Crippen LogP contribution in [0, 0.1) is 0 Å². The summed E-state index contributed by atoms with van der Waals surface area (Å²) < 4.78 is 0.153. The topological polar surface area (TPSA) is 17.1 Å². The van der Waals surface area contributed by atoms with Gasteiger partial charge in [-0.15, -0.1) is 0 Å². The van der Waals surface area contributed by atoms with E-state index in [1.165, 1.54) is 0 Å². The Morgan fingerprint density at radius 3 is 1.83 bits per heavy atom. The van der Waals surface area contributed by atoms with Crippen LogP contribution < -0.4 is 0 Å². The van der Waals surface area contributed by atoms with Gasteiger partial charge in [0.2, 0.25) is 0 Å². The standard InChI is InChI=1S/C3H4I2O/c1-2(6)3(4)5/h3H,1H3. The van der Waals surface area contributed by atoms with Gasteiger partial charge in [0.1, 0.15) is 1.93 Å². The number of hydrogen-bond acceptors (Lipinski definition) is 1. The van der Waals surface area contributed by atoms with E-state index >= 15 is 0 Å². The van der Waals surface area contributed by atoms with Crippen molar-refractivity contribution in [2.24, 2.45) is 0 Å².